The number of aromatic nitrogens is 1. The predicted octanol–water partition coefficient (Wildman–Crippen LogP) is 5.76. The largest absolute Gasteiger partial charge is 0.379 e. The zero-order valence-electron chi connectivity index (χ0n) is 14.0. The van der Waals surface area contributed by atoms with Gasteiger partial charge in [0.1, 0.15) is 11.8 Å². The van der Waals surface area contributed by atoms with Crippen LogP contribution in [0.4, 0.5) is 10.1 Å². The molecule has 1 saturated carbocycles. The van der Waals surface area contributed by atoms with Gasteiger partial charge in [-0.2, -0.15) is 0 Å². The molecule has 0 aromatic carbocycles. The molecule has 26 heavy (non-hydrogen) atoms. The molecule has 8 heteroatoms. The number of fused-ring (bicyclic) bond motifs is 1. The Morgan fingerprint density at radius 3 is 2.88 bits per heavy atom. The van der Waals surface area contributed by atoms with Crippen LogP contribution in [-0.2, 0) is 13.0 Å². The van der Waals surface area contributed by atoms with Crippen molar-refractivity contribution in [1.82, 2.24) is 4.98 Å². The molecule has 0 aliphatic heterocycles. The first-order valence-corrected chi connectivity index (χ1v) is 10.4. The number of hydrogen-bond donors (Lipinski definition) is 2. The molecule has 1 fully saturated rings. The molecule has 0 bridgehead atoms. The van der Waals surface area contributed by atoms with Crippen LogP contribution in [0.1, 0.15) is 34.1 Å². The van der Waals surface area contributed by atoms with Crippen molar-refractivity contribution in [2.45, 2.75) is 37.8 Å². The molecule has 3 N–H and O–H groups in total. The number of halogens is 3. The standard InChI is InChI=1S/C18H19ClFN3S2.ClH/c19-15-7-13(22-9-12-2-1-5-24-12)18-17(23-15)16(10-3-4-10)14(25-18)6-11(21)8-20;/h1-2,5,7,10-11H,3-4,6,8-9,21H2,(H,22,23);1H/t11-;/m1./s1. The monoisotopic (exact) mass is 431 g/mol. The Balaban J connectivity index is 0.00000196. The van der Waals surface area contributed by atoms with Gasteiger partial charge >= 0.3 is 0 Å². The first-order chi connectivity index (χ1) is 12.2. The quantitative estimate of drug-likeness (QED) is 0.467. The van der Waals surface area contributed by atoms with Gasteiger partial charge in [-0.05, 0) is 42.2 Å². The van der Waals surface area contributed by atoms with E-state index in [0.717, 1.165) is 40.2 Å². The zero-order valence-corrected chi connectivity index (χ0v) is 17.2. The summed E-state index contributed by atoms with van der Waals surface area (Å²) in [7, 11) is 0. The highest BCUT2D eigenvalue weighted by atomic mass is 35.5. The van der Waals surface area contributed by atoms with Crippen LogP contribution in [0.15, 0.2) is 23.6 Å². The second-order valence-corrected chi connectivity index (χ2v) is 8.96. The summed E-state index contributed by atoms with van der Waals surface area (Å²) in [6.45, 7) is 0.249. The van der Waals surface area contributed by atoms with Crippen molar-refractivity contribution in [2.24, 2.45) is 5.73 Å². The van der Waals surface area contributed by atoms with Gasteiger partial charge in [0.15, 0.2) is 0 Å². The number of nitrogens with two attached hydrogens (primary N) is 1. The van der Waals surface area contributed by atoms with E-state index in [0.29, 0.717) is 17.5 Å². The summed E-state index contributed by atoms with van der Waals surface area (Å²) in [5.74, 6) is 0.520. The third-order valence-electron chi connectivity index (χ3n) is 4.39. The van der Waals surface area contributed by atoms with Gasteiger partial charge in [0.25, 0.3) is 0 Å². The average molecular weight is 432 g/mol. The maximum absolute atomic E-state index is 12.9. The topological polar surface area (TPSA) is 50.9 Å². The minimum Gasteiger partial charge on any atom is -0.379 e. The molecule has 0 saturated heterocycles. The van der Waals surface area contributed by atoms with E-state index in [2.05, 4.69) is 21.7 Å². The molecule has 1 aliphatic carbocycles. The first kappa shape index (κ1) is 19.8. The third-order valence-corrected chi connectivity index (χ3v) is 6.71. The highest BCUT2D eigenvalue weighted by Gasteiger charge is 2.31. The van der Waals surface area contributed by atoms with Crippen molar-refractivity contribution in [3.05, 3.63) is 44.1 Å². The van der Waals surface area contributed by atoms with Gasteiger partial charge < -0.3 is 11.1 Å². The Morgan fingerprint density at radius 2 is 2.23 bits per heavy atom. The molecular formula is C18H20Cl2FN3S2. The average Bonchev–Trinajstić information content (AvgIpc) is 3.16. The van der Waals surface area contributed by atoms with Crippen molar-refractivity contribution in [3.63, 3.8) is 0 Å². The van der Waals surface area contributed by atoms with Gasteiger partial charge in [0.2, 0.25) is 0 Å². The van der Waals surface area contributed by atoms with Crippen molar-refractivity contribution < 1.29 is 4.39 Å². The number of alkyl halides is 1. The lowest BCUT2D eigenvalue weighted by Gasteiger charge is -2.08. The van der Waals surface area contributed by atoms with E-state index >= 15 is 0 Å². The van der Waals surface area contributed by atoms with Crippen LogP contribution in [0.5, 0.6) is 0 Å². The van der Waals surface area contributed by atoms with E-state index in [-0.39, 0.29) is 12.4 Å². The Kier molecular flexibility index (Phi) is 6.41. The lowest BCUT2D eigenvalue weighted by atomic mass is 10.1. The lowest BCUT2D eigenvalue weighted by Crippen LogP contribution is -2.24. The molecule has 0 amide bonds. The van der Waals surface area contributed by atoms with Gasteiger partial charge in [-0.15, -0.1) is 35.1 Å². The molecule has 1 atom stereocenters. The summed E-state index contributed by atoms with van der Waals surface area (Å²) in [6, 6.07) is 5.57. The van der Waals surface area contributed by atoms with Crippen LogP contribution < -0.4 is 11.1 Å². The van der Waals surface area contributed by atoms with Crippen LogP contribution in [-0.4, -0.2) is 17.7 Å². The smallest absolute Gasteiger partial charge is 0.131 e. The number of rotatable bonds is 7. The minimum atomic E-state index is -0.504. The van der Waals surface area contributed by atoms with Crippen LogP contribution in [0.25, 0.3) is 10.2 Å². The van der Waals surface area contributed by atoms with E-state index in [4.69, 9.17) is 17.3 Å². The molecule has 3 heterocycles. The maximum atomic E-state index is 12.9. The fourth-order valence-corrected chi connectivity index (χ4v) is 5.31. The fourth-order valence-electron chi connectivity index (χ4n) is 3.06. The first-order valence-electron chi connectivity index (χ1n) is 8.35. The van der Waals surface area contributed by atoms with E-state index in [1.165, 1.54) is 10.4 Å². The molecule has 1 aliphatic rings. The van der Waals surface area contributed by atoms with E-state index < -0.39 is 12.7 Å². The Bertz CT molecular complexity index is 878. The molecule has 140 valence electrons. The SMILES string of the molecule is Cl.N[C@@H](CF)Cc1sc2c(NCc3cccs3)cc(Cl)nc2c1C1CC1. The van der Waals surface area contributed by atoms with Gasteiger partial charge in [0.05, 0.1) is 15.9 Å². The normalized spacial score (nSPS) is 15.0. The number of thiophene rings is 2. The number of nitrogens with one attached hydrogen (secondary N) is 1. The highest BCUT2D eigenvalue weighted by Crippen LogP contribution is 2.49. The van der Waals surface area contributed by atoms with Gasteiger partial charge in [-0.3, -0.25) is 0 Å². The maximum Gasteiger partial charge on any atom is 0.131 e. The highest BCUT2D eigenvalue weighted by molar-refractivity contribution is 7.20. The number of hydrogen-bond acceptors (Lipinski definition) is 5. The summed E-state index contributed by atoms with van der Waals surface area (Å²) in [4.78, 5) is 7.03. The third kappa shape index (κ3) is 4.15. The predicted molar refractivity (Wildman–Crippen MR) is 113 cm³/mol. The lowest BCUT2D eigenvalue weighted by molar-refractivity contribution is 0.428. The molecule has 0 spiro atoms. The van der Waals surface area contributed by atoms with E-state index in [1.54, 1.807) is 22.7 Å². The van der Waals surface area contributed by atoms with Crippen molar-refractivity contribution in [3.8, 4) is 0 Å². The fraction of sp³-hybridized carbons (Fsp3) is 0.389. The molecule has 0 radical (unpaired) electrons. The van der Waals surface area contributed by atoms with Gasteiger partial charge in [0, 0.05) is 28.4 Å². The Morgan fingerprint density at radius 1 is 1.42 bits per heavy atom. The Hall–Kier alpha value is -0.920. The number of pyridine rings is 1. The van der Waals surface area contributed by atoms with Gasteiger partial charge in [-0.1, -0.05) is 17.7 Å². The number of nitrogens with zero attached hydrogens (tertiary/aromatic N) is 1. The van der Waals surface area contributed by atoms with Crippen LogP contribution in [0, 0.1) is 0 Å². The van der Waals surface area contributed by atoms with Crippen LogP contribution in [0.3, 0.4) is 0 Å². The van der Waals surface area contributed by atoms with Crippen LogP contribution >= 0.6 is 46.7 Å². The molecule has 4 rings (SSSR count). The van der Waals surface area contributed by atoms with E-state index in [9.17, 15) is 4.39 Å². The van der Waals surface area contributed by atoms with Crippen molar-refractivity contribution in [2.75, 3.05) is 12.0 Å². The molecule has 3 aromatic heterocycles. The molecule has 3 aromatic rings. The Labute approximate surface area is 171 Å². The summed E-state index contributed by atoms with van der Waals surface area (Å²) in [5, 5.41) is 6.05. The second kappa shape index (κ2) is 8.40. The molecule has 3 nitrogen and oxygen atoms in total. The summed E-state index contributed by atoms with van der Waals surface area (Å²) in [5.41, 5.74) is 9.08. The van der Waals surface area contributed by atoms with Crippen molar-refractivity contribution >= 4 is 62.6 Å². The molecule has 0 unspecified atom stereocenters. The number of anilines is 1. The second-order valence-electron chi connectivity index (χ2n) is 6.43. The van der Waals surface area contributed by atoms with Crippen molar-refractivity contribution in [1.29, 1.82) is 0 Å². The summed E-state index contributed by atoms with van der Waals surface area (Å²) < 4.78 is 14.0. The summed E-state index contributed by atoms with van der Waals surface area (Å²) >= 11 is 9.70. The van der Waals surface area contributed by atoms with E-state index in [1.807, 2.05) is 12.1 Å². The van der Waals surface area contributed by atoms with Gasteiger partial charge in [-0.25, -0.2) is 9.37 Å². The zero-order chi connectivity index (χ0) is 17.4. The van der Waals surface area contributed by atoms with Crippen LogP contribution in [0.2, 0.25) is 5.15 Å². The molecular weight excluding hydrogens is 412 g/mol. The minimum absolute atomic E-state index is 0. The summed E-state index contributed by atoms with van der Waals surface area (Å²) in [6.07, 6.45) is 2.89.